The van der Waals surface area contributed by atoms with Crippen molar-refractivity contribution in [3.8, 4) is 0 Å². The molecule has 1 fully saturated rings. The molecule has 6 heteroatoms. The van der Waals surface area contributed by atoms with Crippen LogP contribution in [-0.4, -0.2) is 29.4 Å². The lowest BCUT2D eigenvalue weighted by atomic mass is 10.1. The van der Waals surface area contributed by atoms with E-state index in [4.69, 9.17) is 9.97 Å². The van der Waals surface area contributed by atoms with Gasteiger partial charge in [-0.1, -0.05) is 24.3 Å². The van der Waals surface area contributed by atoms with Crippen molar-refractivity contribution in [2.24, 2.45) is 13.0 Å². The Morgan fingerprint density at radius 2 is 1.91 bits per heavy atom. The first-order valence-electron chi connectivity index (χ1n) is 11.4. The third kappa shape index (κ3) is 3.77. The molecule has 0 aliphatic heterocycles. The summed E-state index contributed by atoms with van der Waals surface area (Å²) in [7, 11) is 1.96. The lowest BCUT2D eigenvalue weighted by Crippen LogP contribution is -2.05. The summed E-state index contributed by atoms with van der Waals surface area (Å²) >= 11 is 0. The maximum absolute atomic E-state index is 4.91. The van der Waals surface area contributed by atoms with Gasteiger partial charge in [-0.3, -0.25) is 9.67 Å². The SMILES string of the molecule is Cn1cc(CCc2cc(CC[C@@H]3C[C@H]3c3ccc4ccccc4n3)nc3ccnn23)cn1. The number of benzene rings is 1. The average Bonchev–Trinajstić information content (AvgIpc) is 3.21. The smallest absolute Gasteiger partial charge is 0.155 e. The Kier molecular flexibility index (Phi) is 4.71. The Bertz CT molecular complexity index is 1400. The van der Waals surface area contributed by atoms with Crippen molar-refractivity contribution >= 4 is 16.6 Å². The van der Waals surface area contributed by atoms with Crippen molar-refractivity contribution in [3.63, 3.8) is 0 Å². The average molecular weight is 423 g/mol. The lowest BCUT2D eigenvalue weighted by Gasteiger charge is -2.08. The van der Waals surface area contributed by atoms with Gasteiger partial charge in [-0.15, -0.1) is 0 Å². The van der Waals surface area contributed by atoms with Crippen molar-refractivity contribution in [2.75, 3.05) is 0 Å². The summed E-state index contributed by atoms with van der Waals surface area (Å²) in [4.78, 5) is 9.77. The predicted molar refractivity (Wildman–Crippen MR) is 125 cm³/mol. The Morgan fingerprint density at radius 1 is 0.969 bits per heavy atom. The zero-order valence-electron chi connectivity index (χ0n) is 18.2. The number of rotatable bonds is 7. The molecule has 1 aromatic carbocycles. The molecule has 4 heterocycles. The van der Waals surface area contributed by atoms with Gasteiger partial charge in [0.1, 0.15) is 0 Å². The highest BCUT2D eigenvalue weighted by atomic mass is 15.3. The van der Waals surface area contributed by atoms with Gasteiger partial charge >= 0.3 is 0 Å². The van der Waals surface area contributed by atoms with Crippen LogP contribution in [0.1, 0.15) is 41.4 Å². The number of aromatic nitrogens is 6. The molecule has 5 aromatic rings. The van der Waals surface area contributed by atoms with Gasteiger partial charge in [-0.25, -0.2) is 9.50 Å². The molecule has 6 rings (SSSR count). The van der Waals surface area contributed by atoms with Gasteiger partial charge in [-0.05, 0) is 61.8 Å². The van der Waals surface area contributed by atoms with Gasteiger partial charge in [0.05, 0.1) is 17.9 Å². The molecule has 0 N–H and O–H groups in total. The molecule has 0 spiro atoms. The van der Waals surface area contributed by atoms with Crippen molar-refractivity contribution in [1.82, 2.24) is 29.4 Å². The fourth-order valence-electron chi connectivity index (χ4n) is 4.77. The molecule has 1 saturated carbocycles. The molecule has 0 radical (unpaired) electrons. The first kappa shape index (κ1) is 19.2. The van der Waals surface area contributed by atoms with Crippen LogP contribution in [0.2, 0.25) is 0 Å². The highest BCUT2D eigenvalue weighted by molar-refractivity contribution is 5.78. The van der Waals surface area contributed by atoms with E-state index in [1.165, 1.54) is 28.8 Å². The van der Waals surface area contributed by atoms with E-state index in [1.807, 2.05) is 34.7 Å². The number of hydrogen-bond donors (Lipinski definition) is 0. The second-order valence-electron chi connectivity index (χ2n) is 8.93. The van der Waals surface area contributed by atoms with Gasteiger partial charge in [0.2, 0.25) is 0 Å². The summed E-state index contributed by atoms with van der Waals surface area (Å²) in [6.45, 7) is 0. The fourth-order valence-corrected chi connectivity index (χ4v) is 4.77. The van der Waals surface area contributed by atoms with E-state index in [0.29, 0.717) is 11.8 Å². The van der Waals surface area contributed by atoms with Gasteiger partial charge in [0.25, 0.3) is 0 Å². The van der Waals surface area contributed by atoms with Crippen LogP contribution in [0.25, 0.3) is 16.6 Å². The minimum atomic E-state index is 0.586. The molecule has 2 atom stereocenters. The number of fused-ring (bicyclic) bond motifs is 2. The van der Waals surface area contributed by atoms with Crippen LogP contribution in [0.4, 0.5) is 0 Å². The Labute approximate surface area is 186 Å². The lowest BCUT2D eigenvalue weighted by molar-refractivity contribution is 0.683. The van der Waals surface area contributed by atoms with Crippen LogP contribution in [-0.2, 0) is 26.3 Å². The molecule has 1 aliphatic carbocycles. The first-order chi connectivity index (χ1) is 15.7. The van der Waals surface area contributed by atoms with Crippen molar-refractivity contribution in [2.45, 2.75) is 38.0 Å². The normalized spacial score (nSPS) is 17.9. The second-order valence-corrected chi connectivity index (χ2v) is 8.93. The van der Waals surface area contributed by atoms with Crippen LogP contribution in [0, 0.1) is 5.92 Å². The molecule has 1 aliphatic rings. The summed E-state index contributed by atoms with van der Waals surface area (Å²) in [6.07, 6.45) is 11.1. The third-order valence-electron chi connectivity index (χ3n) is 6.61. The molecule has 0 saturated heterocycles. The second kappa shape index (κ2) is 7.86. The quantitative estimate of drug-likeness (QED) is 0.387. The van der Waals surface area contributed by atoms with Crippen LogP contribution in [0.5, 0.6) is 0 Å². The van der Waals surface area contributed by atoms with Crippen LogP contribution >= 0.6 is 0 Å². The Morgan fingerprint density at radius 3 is 2.81 bits per heavy atom. The minimum Gasteiger partial charge on any atom is -0.276 e. The topological polar surface area (TPSA) is 60.9 Å². The number of nitrogens with zero attached hydrogens (tertiary/aromatic N) is 6. The van der Waals surface area contributed by atoms with Gasteiger partial charge in [0.15, 0.2) is 5.65 Å². The zero-order chi connectivity index (χ0) is 21.5. The van der Waals surface area contributed by atoms with Crippen LogP contribution in [0.3, 0.4) is 0 Å². The summed E-state index contributed by atoms with van der Waals surface area (Å²) in [5.74, 6) is 1.29. The monoisotopic (exact) mass is 422 g/mol. The molecule has 160 valence electrons. The van der Waals surface area contributed by atoms with Crippen molar-refractivity contribution in [1.29, 1.82) is 0 Å². The molecular formula is C26H26N6. The van der Waals surface area contributed by atoms with Crippen molar-refractivity contribution in [3.05, 3.63) is 89.8 Å². The maximum Gasteiger partial charge on any atom is 0.155 e. The van der Waals surface area contributed by atoms with E-state index in [1.54, 1.807) is 0 Å². The molecule has 32 heavy (non-hydrogen) atoms. The summed E-state index contributed by atoms with van der Waals surface area (Å²) in [5.41, 5.74) is 6.90. The molecule has 0 unspecified atom stereocenters. The minimum absolute atomic E-state index is 0.586. The molecular weight excluding hydrogens is 396 g/mol. The van der Waals surface area contributed by atoms with E-state index < -0.39 is 0 Å². The largest absolute Gasteiger partial charge is 0.276 e. The van der Waals surface area contributed by atoms with Crippen LogP contribution in [0.15, 0.2) is 67.1 Å². The summed E-state index contributed by atoms with van der Waals surface area (Å²) < 4.78 is 3.83. The van der Waals surface area contributed by atoms with E-state index in [0.717, 1.165) is 42.5 Å². The number of para-hydroxylation sites is 1. The van der Waals surface area contributed by atoms with E-state index in [2.05, 4.69) is 58.9 Å². The van der Waals surface area contributed by atoms with Gasteiger partial charge in [0, 0.05) is 47.7 Å². The van der Waals surface area contributed by atoms with Gasteiger partial charge < -0.3 is 0 Å². The summed E-state index contributed by atoms with van der Waals surface area (Å²) in [6, 6.07) is 17.0. The van der Waals surface area contributed by atoms with Crippen molar-refractivity contribution < 1.29 is 0 Å². The standard InChI is InChI=1S/C26H26N6/c1-31-17-18(16-28-31)6-10-22-15-21(29-26-12-13-27-32(22)26)9-7-20-14-23(20)25-11-8-19-4-2-3-5-24(19)30-25/h2-5,8,11-13,15-17,20,23H,6-7,9-10,14H2,1H3/t20-,23-/m1/s1. The Hall–Kier alpha value is -3.54. The van der Waals surface area contributed by atoms with Gasteiger partial charge in [-0.2, -0.15) is 10.2 Å². The van der Waals surface area contributed by atoms with Crippen LogP contribution < -0.4 is 0 Å². The maximum atomic E-state index is 4.91. The number of pyridine rings is 1. The third-order valence-corrected chi connectivity index (χ3v) is 6.61. The molecule has 4 aromatic heterocycles. The predicted octanol–water partition coefficient (Wildman–Crippen LogP) is 4.53. The first-order valence-corrected chi connectivity index (χ1v) is 11.4. The molecule has 0 amide bonds. The number of hydrogen-bond acceptors (Lipinski definition) is 4. The van der Waals surface area contributed by atoms with E-state index in [-0.39, 0.29) is 0 Å². The fraction of sp³-hybridized carbons (Fsp3) is 0.308. The molecule has 6 nitrogen and oxygen atoms in total. The van der Waals surface area contributed by atoms with E-state index >= 15 is 0 Å². The number of aryl methyl sites for hydroxylation is 4. The van der Waals surface area contributed by atoms with E-state index in [9.17, 15) is 0 Å². The highest BCUT2D eigenvalue weighted by Crippen LogP contribution is 2.49. The molecule has 0 bridgehead atoms. The zero-order valence-corrected chi connectivity index (χ0v) is 18.2. The highest BCUT2D eigenvalue weighted by Gasteiger charge is 2.38. The Balaban J connectivity index is 1.14. The summed E-state index contributed by atoms with van der Waals surface area (Å²) in [5, 5.41) is 9.98.